The van der Waals surface area contributed by atoms with E-state index < -0.39 is 18.0 Å². The smallest absolute Gasteiger partial charge is 0.309 e. The Labute approximate surface area is 75.8 Å². The van der Waals surface area contributed by atoms with Gasteiger partial charge in [0.1, 0.15) is 11.9 Å². The SMILES string of the molecule is Cc1ccoc1C(O)C(C)C(=O)O. The summed E-state index contributed by atoms with van der Waals surface area (Å²) in [5.74, 6) is -1.57. The summed E-state index contributed by atoms with van der Waals surface area (Å²) in [4.78, 5) is 10.5. The minimum atomic E-state index is -1.08. The van der Waals surface area contributed by atoms with Crippen LogP contribution >= 0.6 is 0 Å². The van der Waals surface area contributed by atoms with E-state index >= 15 is 0 Å². The van der Waals surface area contributed by atoms with Crippen molar-refractivity contribution in [3.63, 3.8) is 0 Å². The van der Waals surface area contributed by atoms with Crippen LogP contribution in [0.4, 0.5) is 0 Å². The molecule has 2 N–H and O–H groups in total. The molecule has 1 rings (SSSR count). The van der Waals surface area contributed by atoms with E-state index in [4.69, 9.17) is 9.52 Å². The number of aliphatic hydroxyl groups is 1. The second-order valence-corrected chi connectivity index (χ2v) is 3.04. The molecular weight excluding hydrogens is 172 g/mol. The highest BCUT2D eigenvalue weighted by Gasteiger charge is 2.26. The summed E-state index contributed by atoms with van der Waals surface area (Å²) in [6, 6.07) is 1.69. The molecule has 0 aliphatic carbocycles. The van der Waals surface area contributed by atoms with Gasteiger partial charge in [0.05, 0.1) is 12.2 Å². The highest BCUT2D eigenvalue weighted by atomic mass is 16.4. The van der Waals surface area contributed by atoms with Gasteiger partial charge in [0.25, 0.3) is 0 Å². The minimum absolute atomic E-state index is 0.329. The summed E-state index contributed by atoms with van der Waals surface area (Å²) < 4.78 is 4.98. The molecule has 0 saturated heterocycles. The molecule has 4 heteroatoms. The fourth-order valence-corrected chi connectivity index (χ4v) is 1.05. The summed E-state index contributed by atoms with van der Waals surface area (Å²) in [6.07, 6.45) is 0.357. The van der Waals surface area contributed by atoms with Gasteiger partial charge in [0.15, 0.2) is 0 Å². The van der Waals surface area contributed by atoms with Gasteiger partial charge in [-0.2, -0.15) is 0 Å². The number of furan rings is 1. The van der Waals surface area contributed by atoms with Crippen molar-refractivity contribution in [3.8, 4) is 0 Å². The summed E-state index contributed by atoms with van der Waals surface area (Å²) in [5.41, 5.74) is 0.764. The molecule has 0 aromatic carbocycles. The Bertz CT molecular complexity index is 302. The quantitative estimate of drug-likeness (QED) is 0.743. The van der Waals surface area contributed by atoms with E-state index in [-0.39, 0.29) is 0 Å². The van der Waals surface area contributed by atoms with Crippen molar-refractivity contribution in [2.24, 2.45) is 5.92 Å². The van der Waals surface area contributed by atoms with Gasteiger partial charge >= 0.3 is 5.97 Å². The molecule has 0 aliphatic rings. The van der Waals surface area contributed by atoms with Crippen molar-refractivity contribution in [2.75, 3.05) is 0 Å². The van der Waals surface area contributed by atoms with E-state index in [9.17, 15) is 9.90 Å². The van der Waals surface area contributed by atoms with Crippen molar-refractivity contribution in [3.05, 3.63) is 23.7 Å². The normalized spacial score (nSPS) is 15.3. The zero-order valence-corrected chi connectivity index (χ0v) is 7.52. The van der Waals surface area contributed by atoms with E-state index in [0.29, 0.717) is 5.76 Å². The standard InChI is InChI=1S/C9H12O4/c1-5-3-4-13-8(5)7(10)6(2)9(11)12/h3-4,6-7,10H,1-2H3,(H,11,12). The molecule has 72 valence electrons. The van der Waals surface area contributed by atoms with Crippen LogP contribution in [0.1, 0.15) is 24.4 Å². The largest absolute Gasteiger partial charge is 0.481 e. The zero-order valence-electron chi connectivity index (χ0n) is 7.52. The van der Waals surface area contributed by atoms with Gasteiger partial charge in [-0.15, -0.1) is 0 Å². The molecule has 4 nitrogen and oxygen atoms in total. The third-order valence-corrected chi connectivity index (χ3v) is 2.03. The molecule has 1 heterocycles. The average Bonchev–Trinajstić information content (AvgIpc) is 2.48. The second kappa shape index (κ2) is 3.62. The maximum Gasteiger partial charge on any atom is 0.309 e. The first kappa shape index (κ1) is 9.80. The third kappa shape index (κ3) is 1.89. The second-order valence-electron chi connectivity index (χ2n) is 3.04. The van der Waals surface area contributed by atoms with Crippen LogP contribution in [0.25, 0.3) is 0 Å². The van der Waals surface area contributed by atoms with Gasteiger partial charge in [-0.25, -0.2) is 0 Å². The van der Waals surface area contributed by atoms with Gasteiger partial charge in [-0.1, -0.05) is 0 Å². The van der Waals surface area contributed by atoms with Crippen LogP contribution in [0.3, 0.4) is 0 Å². The Balaban J connectivity index is 2.85. The molecule has 0 radical (unpaired) electrons. The van der Waals surface area contributed by atoms with E-state index in [2.05, 4.69) is 0 Å². The molecule has 13 heavy (non-hydrogen) atoms. The Morgan fingerprint density at radius 3 is 2.62 bits per heavy atom. The molecule has 0 fully saturated rings. The van der Waals surface area contributed by atoms with E-state index in [1.807, 2.05) is 0 Å². The van der Waals surface area contributed by atoms with E-state index in [0.717, 1.165) is 5.56 Å². The van der Waals surface area contributed by atoms with Crippen molar-refractivity contribution < 1.29 is 19.4 Å². The first-order valence-electron chi connectivity index (χ1n) is 3.99. The number of carboxylic acids is 1. The first-order chi connectivity index (χ1) is 6.04. The van der Waals surface area contributed by atoms with Gasteiger partial charge in [0.2, 0.25) is 0 Å². The number of rotatable bonds is 3. The Hall–Kier alpha value is -1.29. The molecule has 0 amide bonds. The number of aliphatic hydroxyl groups excluding tert-OH is 1. The average molecular weight is 184 g/mol. The van der Waals surface area contributed by atoms with E-state index in [1.165, 1.54) is 13.2 Å². The lowest BCUT2D eigenvalue weighted by molar-refractivity contribution is -0.145. The van der Waals surface area contributed by atoms with Crippen molar-refractivity contribution in [1.29, 1.82) is 0 Å². The van der Waals surface area contributed by atoms with Crippen LogP contribution in [0.2, 0.25) is 0 Å². The van der Waals surface area contributed by atoms with Crippen molar-refractivity contribution in [1.82, 2.24) is 0 Å². The first-order valence-corrected chi connectivity index (χ1v) is 3.99. The molecule has 0 saturated carbocycles. The summed E-state index contributed by atoms with van der Waals surface area (Å²) in [7, 11) is 0. The minimum Gasteiger partial charge on any atom is -0.481 e. The predicted molar refractivity (Wildman–Crippen MR) is 45.2 cm³/mol. The molecule has 2 atom stereocenters. The molecule has 2 unspecified atom stereocenters. The van der Waals surface area contributed by atoms with Crippen LogP contribution in [0.15, 0.2) is 16.7 Å². The summed E-state index contributed by atoms with van der Waals surface area (Å²) in [5, 5.41) is 18.2. The van der Waals surface area contributed by atoms with Gasteiger partial charge in [-0.05, 0) is 25.5 Å². The number of carboxylic acid groups (broad SMARTS) is 1. The third-order valence-electron chi connectivity index (χ3n) is 2.03. The molecular formula is C9H12O4. The lowest BCUT2D eigenvalue weighted by Crippen LogP contribution is -2.18. The molecule has 0 aliphatic heterocycles. The fourth-order valence-electron chi connectivity index (χ4n) is 1.05. The highest BCUT2D eigenvalue weighted by Crippen LogP contribution is 2.25. The van der Waals surface area contributed by atoms with Gasteiger partial charge in [-0.3, -0.25) is 4.79 Å². The van der Waals surface area contributed by atoms with Crippen LogP contribution in [-0.4, -0.2) is 16.2 Å². The fraction of sp³-hybridized carbons (Fsp3) is 0.444. The van der Waals surface area contributed by atoms with Crippen LogP contribution in [-0.2, 0) is 4.79 Å². The Kier molecular flexibility index (Phi) is 2.72. The Morgan fingerprint density at radius 2 is 2.23 bits per heavy atom. The van der Waals surface area contributed by atoms with Crippen LogP contribution in [0, 0.1) is 12.8 Å². The molecule has 1 aromatic rings. The number of aliphatic carboxylic acids is 1. The maximum atomic E-state index is 10.5. The predicted octanol–water partition coefficient (Wildman–Crippen LogP) is 1.34. The Morgan fingerprint density at radius 1 is 1.62 bits per heavy atom. The van der Waals surface area contributed by atoms with Crippen molar-refractivity contribution in [2.45, 2.75) is 20.0 Å². The highest BCUT2D eigenvalue weighted by molar-refractivity contribution is 5.70. The van der Waals surface area contributed by atoms with Crippen LogP contribution in [0.5, 0.6) is 0 Å². The summed E-state index contributed by atoms with van der Waals surface area (Å²) >= 11 is 0. The number of hydrogen-bond acceptors (Lipinski definition) is 3. The monoisotopic (exact) mass is 184 g/mol. The number of carbonyl (C=O) groups is 1. The topological polar surface area (TPSA) is 70.7 Å². The van der Waals surface area contributed by atoms with Crippen molar-refractivity contribution >= 4 is 5.97 Å². The number of aryl methyl sites for hydroxylation is 1. The molecule has 0 bridgehead atoms. The van der Waals surface area contributed by atoms with Crippen LogP contribution < -0.4 is 0 Å². The zero-order chi connectivity index (χ0) is 10.0. The maximum absolute atomic E-state index is 10.5. The molecule has 1 aromatic heterocycles. The lowest BCUT2D eigenvalue weighted by atomic mass is 10.0. The lowest BCUT2D eigenvalue weighted by Gasteiger charge is -2.12. The van der Waals surface area contributed by atoms with E-state index in [1.54, 1.807) is 13.0 Å². The van der Waals surface area contributed by atoms with Gasteiger partial charge in [0, 0.05) is 0 Å². The summed E-state index contributed by atoms with van der Waals surface area (Å²) in [6.45, 7) is 3.20. The van der Waals surface area contributed by atoms with Gasteiger partial charge < -0.3 is 14.6 Å². The molecule has 0 spiro atoms. The number of hydrogen-bond donors (Lipinski definition) is 2.